The number of rotatable bonds is 6. The standard InChI is InChI=1S/C18H20N4O5S2/c1-9-10(2)28-18-15(9)17(24)21-14(22-18)6-7-20-16(23)12-8-11(29(19,25)26)4-5-13(12)27-3/h4-5,8H,6-7H2,1-3H3,(H,20,23)(H2,19,25,26)(H,21,22,24). The molecule has 0 radical (unpaired) electrons. The quantitative estimate of drug-likeness (QED) is 0.530. The number of fused-ring (bicyclic) bond motifs is 1. The van der Waals surface area contributed by atoms with E-state index in [0.29, 0.717) is 22.5 Å². The van der Waals surface area contributed by atoms with Crippen LogP contribution in [-0.4, -0.2) is 37.9 Å². The molecule has 2 aromatic heterocycles. The van der Waals surface area contributed by atoms with Gasteiger partial charge in [-0.1, -0.05) is 0 Å². The highest BCUT2D eigenvalue weighted by atomic mass is 32.2. The summed E-state index contributed by atoms with van der Waals surface area (Å²) in [5, 5.41) is 8.38. The molecule has 3 rings (SSSR count). The number of hydrogen-bond donors (Lipinski definition) is 3. The van der Waals surface area contributed by atoms with E-state index in [1.165, 1.54) is 30.6 Å². The Morgan fingerprint density at radius 3 is 2.72 bits per heavy atom. The minimum Gasteiger partial charge on any atom is -0.496 e. The lowest BCUT2D eigenvalue weighted by Crippen LogP contribution is -2.27. The van der Waals surface area contributed by atoms with E-state index >= 15 is 0 Å². The van der Waals surface area contributed by atoms with Crippen molar-refractivity contribution in [1.29, 1.82) is 0 Å². The van der Waals surface area contributed by atoms with Crippen LogP contribution in [0, 0.1) is 13.8 Å². The van der Waals surface area contributed by atoms with Crippen LogP contribution in [0.1, 0.15) is 26.6 Å². The van der Waals surface area contributed by atoms with Crippen LogP contribution in [0.4, 0.5) is 0 Å². The van der Waals surface area contributed by atoms with E-state index in [0.717, 1.165) is 16.5 Å². The van der Waals surface area contributed by atoms with E-state index in [9.17, 15) is 18.0 Å². The Morgan fingerprint density at radius 1 is 1.34 bits per heavy atom. The van der Waals surface area contributed by atoms with Gasteiger partial charge in [0.05, 0.1) is 23.0 Å². The zero-order valence-electron chi connectivity index (χ0n) is 16.0. The average Bonchev–Trinajstić information content (AvgIpc) is 2.94. The molecule has 0 aliphatic heterocycles. The molecule has 0 saturated carbocycles. The SMILES string of the molecule is COc1ccc(S(N)(=O)=O)cc1C(=O)NCCc1nc2sc(C)c(C)c2c(=O)[nH]1. The highest BCUT2D eigenvalue weighted by molar-refractivity contribution is 7.89. The number of benzene rings is 1. The van der Waals surface area contributed by atoms with Crippen LogP contribution < -0.4 is 20.8 Å². The summed E-state index contributed by atoms with van der Waals surface area (Å²) in [5.41, 5.74) is 0.751. The Balaban J connectivity index is 1.76. The van der Waals surface area contributed by atoms with E-state index in [2.05, 4.69) is 15.3 Å². The molecule has 0 aliphatic carbocycles. The number of nitrogens with zero attached hydrogens (tertiary/aromatic N) is 1. The number of amides is 1. The summed E-state index contributed by atoms with van der Waals surface area (Å²) in [4.78, 5) is 33.5. The van der Waals surface area contributed by atoms with Gasteiger partial charge >= 0.3 is 0 Å². The Bertz CT molecular complexity index is 1260. The normalized spacial score (nSPS) is 11.6. The maximum Gasteiger partial charge on any atom is 0.259 e. The summed E-state index contributed by atoms with van der Waals surface area (Å²) >= 11 is 1.45. The van der Waals surface area contributed by atoms with Crippen LogP contribution in [0.15, 0.2) is 27.9 Å². The number of thiophene rings is 1. The van der Waals surface area contributed by atoms with Gasteiger partial charge in [-0.15, -0.1) is 11.3 Å². The summed E-state index contributed by atoms with van der Waals surface area (Å²) in [5.74, 6) is 0.139. The molecular weight excluding hydrogens is 416 g/mol. The molecule has 0 atom stereocenters. The summed E-state index contributed by atoms with van der Waals surface area (Å²) < 4.78 is 28.2. The van der Waals surface area contributed by atoms with Crippen molar-refractivity contribution in [2.24, 2.45) is 5.14 Å². The van der Waals surface area contributed by atoms with E-state index in [4.69, 9.17) is 9.88 Å². The molecule has 29 heavy (non-hydrogen) atoms. The number of hydrogen-bond acceptors (Lipinski definition) is 7. The third-order valence-electron chi connectivity index (χ3n) is 4.48. The maximum absolute atomic E-state index is 12.5. The minimum absolute atomic E-state index is 0.0421. The van der Waals surface area contributed by atoms with Gasteiger partial charge in [-0.3, -0.25) is 9.59 Å². The average molecular weight is 437 g/mol. The number of nitrogens with one attached hydrogen (secondary N) is 2. The number of H-pyrrole nitrogens is 1. The number of methoxy groups -OCH3 is 1. The third-order valence-corrected chi connectivity index (χ3v) is 6.49. The smallest absolute Gasteiger partial charge is 0.259 e. The van der Waals surface area contributed by atoms with Gasteiger partial charge in [0.1, 0.15) is 16.4 Å². The number of nitrogens with two attached hydrogens (primary N) is 1. The number of sulfonamides is 1. The molecule has 0 bridgehead atoms. The van der Waals surface area contributed by atoms with E-state index in [1.807, 2.05) is 13.8 Å². The van der Waals surface area contributed by atoms with Crippen molar-refractivity contribution in [3.63, 3.8) is 0 Å². The number of aromatic amines is 1. The molecule has 154 valence electrons. The number of aromatic nitrogens is 2. The van der Waals surface area contributed by atoms with E-state index in [-0.39, 0.29) is 28.3 Å². The predicted octanol–water partition coefficient (Wildman–Crippen LogP) is 1.23. The molecule has 0 aliphatic rings. The molecule has 11 heteroatoms. The molecule has 0 fully saturated rings. The first-order valence-corrected chi connectivity index (χ1v) is 11.0. The number of aryl methyl sites for hydroxylation is 2. The fourth-order valence-electron chi connectivity index (χ4n) is 2.85. The van der Waals surface area contributed by atoms with Crippen LogP contribution in [0.5, 0.6) is 5.75 Å². The van der Waals surface area contributed by atoms with Crippen molar-refractivity contribution in [3.8, 4) is 5.75 Å². The summed E-state index contributed by atoms with van der Waals surface area (Å²) in [6.45, 7) is 4.00. The van der Waals surface area contributed by atoms with Gasteiger partial charge in [-0.25, -0.2) is 18.5 Å². The first-order chi connectivity index (χ1) is 13.6. The second-order valence-corrected chi connectivity index (χ2v) is 9.15. The molecule has 4 N–H and O–H groups in total. The molecule has 9 nitrogen and oxygen atoms in total. The fraction of sp³-hybridized carbons (Fsp3) is 0.278. The lowest BCUT2D eigenvalue weighted by molar-refractivity contribution is 0.0950. The molecule has 0 unspecified atom stereocenters. The van der Waals surface area contributed by atoms with Crippen molar-refractivity contribution in [2.75, 3.05) is 13.7 Å². The van der Waals surface area contributed by atoms with Gasteiger partial charge < -0.3 is 15.0 Å². The van der Waals surface area contributed by atoms with Crippen molar-refractivity contribution >= 4 is 37.5 Å². The molecule has 2 heterocycles. The second kappa shape index (κ2) is 7.93. The zero-order chi connectivity index (χ0) is 21.3. The van der Waals surface area contributed by atoms with Crippen LogP contribution in [-0.2, 0) is 16.4 Å². The van der Waals surface area contributed by atoms with Crippen molar-refractivity contribution in [3.05, 3.63) is 50.4 Å². The van der Waals surface area contributed by atoms with Gasteiger partial charge in [0, 0.05) is 17.8 Å². The monoisotopic (exact) mass is 436 g/mol. The number of carbonyl (C=O) groups is 1. The first kappa shape index (κ1) is 21.0. The van der Waals surface area contributed by atoms with Crippen molar-refractivity contribution in [1.82, 2.24) is 15.3 Å². The number of primary sulfonamides is 1. The lowest BCUT2D eigenvalue weighted by Gasteiger charge is -2.10. The second-order valence-electron chi connectivity index (χ2n) is 6.39. The summed E-state index contributed by atoms with van der Waals surface area (Å²) in [6.07, 6.45) is 0.296. The molecule has 1 aromatic carbocycles. The molecule has 1 amide bonds. The number of carbonyl (C=O) groups excluding carboxylic acids is 1. The summed E-state index contributed by atoms with van der Waals surface area (Å²) in [6, 6.07) is 3.79. The van der Waals surface area contributed by atoms with Crippen molar-refractivity contribution in [2.45, 2.75) is 25.2 Å². The first-order valence-electron chi connectivity index (χ1n) is 8.59. The van der Waals surface area contributed by atoms with E-state index < -0.39 is 15.9 Å². The molecule has 0 spiro atoms. The van der Waals surface area contributed by atoms with Crippen molar-refractivity contribution < 1.29 is 17.9 Å². The van der Waals surface area contributed by atoms with Gasteiger partial charge in [0.25, 0.3) is 11.5 Å². The van der Waals surface area contributed by atoms with Crippen LogP contribution in [0.3, 0.4) is 0 Å². The topological polar surface area (TPSA) is 144 Å². The largest absolute Gasteiger partial charge is 0.496 e. The minimum atomic E-state index is -3.96. The predicted molar refractivity (Wildman–Crippen MR) is 110 cm³/mol. The fourth-order valence-corrected chi connectivity index (χ4v) is 4.44. The Hall–Kier alpha value is -2.76. The van der Waals surface area contributed by atoms with Gasteiger partial charge in [-0.05, 0) is 37.6 Å². The maximum atomic E-state index is 12.5. The highest BCUT2D eigenvalue weighted by Crippen LogP contribution is 2.25. The van der Waals surface area contributed by atoms with Crippen LogP contribution in [0.25, 0.3) is 10.2 Å². The Kier molecular flexibility index (Phi) is 5.73. The lowest BCUT2D eigenvalue weighted by atomic mass is 10.2. The van der Waals surface area contributed by atoms with E-state index in [1.54, 1.807) is 0 Å². The molecule has 3 aromatic rings. The number of ether oxygens (including phenoxy) is 1. The zero-order valence-corrected chi connectivity index (χ0v) is 17.7. The molecular formula is C18H20N4O5S2. The highest BCUT2D eigenvalue weighted by Gasteiger charge is 2.17. The van der Waals surface area contributed by atoms with Crippen LogP contribution in [0.2, 0.25) is 0 Å². The third kappa shape index (κ3) is 4.31. The molecule has 0 saturated heterocycles. The van der Waals surface area contributed by atoms with Gasteiger partial charge in [0.15, 0.2) is 0 Å². The Morgan fingerprint density at radius 2 is 2.07 bits per heavy atom. The Labute approximate surface area is 171 Å². The van der Waals surface area contributed by atoms with Crippen LogP contribution >= 0.6 is 11.3 Å². The summed E-state index contributed by atoms with van der Waals surface area (Å²) in [7, 11) is -2.59. The van der Waals surface area contributed by atoms with Gasteiger partial charge in [0.2, 0.25) is 10.0 Å². The van der Waals surface area contributed by atoms with Gasteiger partial charge in [-0.2, -0.15) is 0 Å².